The van der Waals surface area contributed by atoms with E-state index in [9.17, 15) is 28.8 Å². The summed E-state index contributed by atoms with van der Waals surface area (Å²) in [6.45, 7) is 3.95. The Bertz CT molecular complexity index is 1710. The quantitative estimate of drug-likeness (QED) is 0.0812. The highest BCUT2D eigenvalue weighted by atomic mass is 79.9. The van der Waals surface area contributed by atoms with Crippen LogP contribution in [0.15, 0.2) is 65.1 Å². The first kappa shape index (κ1) is 41.0. The summed E-state index contributed by atoms with van der Waals surface area (Å²) >= 11 is 13.9. The molecule has 10 nitrogen and oxygen atoms in total. The number of carboxylic acids is 2. The van der Waals surface area contributed by atoms with Crippen LogP contribution in [0.4, 0.5) is 10.0 Å². The number of benzene rings is 2. The molecular weight excluding hydrogens is 808 g/mol. The van der Waals surface area contributed by atoms with Crippen LogP contribution in [0.1, 0.15) is 55.4 Å². The maximum Gasteiger partial charge on any atom is 0.313 e. The Hall–Kier alpha value is -3.47. The number of hydrogen-bond acceptors (Lipinski definition) is 10. The molecule has 0 aliphatic heterocycles. The summed E-state index contributed by atoms with van der Waals surface area (Å²) in [4.78, 5) is 72.5. The Kier molecular flexibility index (Phi) is 16.7. The predicted octanol–water partition coefficient (Wildman–Crippen LogP) is 8.01. The lowest BCUT2D eigenvalue weighted by molar-refractivity contribution is -0.134. The molecule has 2 aromatic carbocycles. The fourth-order valence-electron chi connectivity index (χ4n) is 4.06. The summed E-state index contributed by atoms with van der Waals surface area (Å²) in [5.41, 5.74) is 1.92. The van der Waals surface area contributed by atoms with Crippen LogP contribution in [0.25, 0.3) is 0 Å². The Morgan fingerprint density at radius 1 is 0.660 bits per heavy atom. The lowest BCUT2D eigenvalue weighted by Crippen LogP contribution is -2.16. The van der Waals surface area contributed by atoms with Gasteiger partial charge in [0.2, 0.25) is 11.8 Å². The van der Waals surface area contributed by atoms with Gasteiger partial charge in [0.25, 0.3) is 0 Å². The number of carbonyl (C=O) groups excluding carboxylic acids is 4. The van der Waals surface area contributed by atoms with Gasteiger partial charge in [-0.3, -0.25) is 28.8 Å². The van der Waals surface area contributed by atoms with Gasteiger partial charge in [-0.05, 0) is 73.5 Å². The number of carbonyl (C=O) groups is 6. The van der Waals surface area contributed by atoms with Crippen molar-refractivity contribution in [1.29, 1.82) is 0 Å². The molecule has 2 heterocycles. The molecule has 0 spiro atoms. The van der Waals surface area contributed by atoms with Gasteiger partial charge in [0, 0.05) is 30.4 Å². The lowest BCUT2D eigenvalue weighted by atomic mass is 10.0. The number of ketones is 2. The number of amides is 2. The first-order valence-electron chi connectivity index (χ1n) is 14.9. The van der Waals surface area contributed by atoms with Gasteiger partial charge in [-0.2, -0.15) is 0 Å². The van der Waals surface area contributed by atoms with Gasteiger partial charge < -0.3 is 20.8 Å². The molecule has 4 rings (SSSR count). The summed E-state index contributed by atoms with van der Waals surface area (Å²) < 4.78 is 0.882. The largest absolute Gasteiger partial charge is 0.481 e. The molecule has 0 fully saturated rings. The molecule has 0 aliphatic rings. The molecule has 50 heavy (non-hydrogen) atoms. The van der Waals surface area contributed by atoms with Crippen LogP contribution in [-0.2, 0) is 32.0 Å². The number of hydrogen-bond donors (Lipinski definition) is 4. The van der Waals surface area contributed by atoms with Crippen LogP contribution in [0.3, 0.4) is 0 Å². The average molecular weight is 840 g/mol. The van der Waals surface area contributed by atoms with Crippen LogP contribution >= 0.6 is 73.7 Å². The summed E-state index contributed by atoms with van der Waals surface area (Å²) in [5.74, 6) is -3.18. The fraction of sp³-hybridized carbons (Fsp3) is 0.235. The number of rotatable bonds is 16. The van der Waals surface area contributed by atoms with E-state index in [-0.39, 0.29) is 46.4 Å². The van der Waals surface area contributed by atoms with Crippen molar-refractivity contribution in [3.63, 3.8) is 0 Å². The van der Waals surface area contributed by atoms with Crippen molar-refractivity contribution in [2.75, 3.05) is 33.6 Å². The highest BCUT2D eigenvalue weighted by molar-refractivity contribution is 9.10. The zero-order valence-corrected chi connectivity index (χ0v) is 32.4. The second-order valence-electron chi connectivity index (χ2n) is 10.2. The van der Waals surface area contributed by atoms with E-state index in [0.717, 1.165) is 50.6 Å². The summed E-state index contributed by atoms with van der Waals surface area (Å²) in [5, 5.41) is 24.2. The zero-order chi connectivity index (χ0) is 36.8. The Labute approximate surface area is 318 Å². The molecule has 4 N–H and O–H groups in total. The zero-order valence-electron chi connectivity index (χ0n) is 26.7. The number of thioether (sulfide) groups is 2. The van der Waals surface area contributed by atoms with Gasteiger partial charge in [-0.25, -0.2) is 0 Å². The minimum absolute atomic E-state index is 0.0141. The van der Waals surface area contributed by atoms with E-state index in [1.165, 1.54) is 22.7 Å². The van der Waals surface area contributed by atoms with E-state index in [2.05, 4.69) is 26.6 Å². The molecule has 0 bridgehead atoms. The molecule has 0 radical (unpaired) electrons. The van der Waals surface area contributed by atoms with Crippen molar-refractivity contribution in [3.8, 4) is 0 Å². The predicted molar refractivity (Wildman–Crippen MR) is 207 cm³/mol. The van der Waals surface area contributed by atoms with E-state index in [0.29, 0.717) is 37.3 Å². The molecule has 2 aromatic heterocycles. The van der Waals surface area contributed by atoms with Crippen molar-refractivity contribution in [1.82, 2.24) is 0 Å². The summed E-state index contributed by atoms with van der Waals surface area (Å²) in [6.07, 6.45) is 1.50. The summed E-state index contributed by atoms with van der Waals surface area (Å²) in [7, 11) is 0. The minimum atomic E-state index is -0.971. The van der Waals surface area contributed by atoms with Crippen molar-refractivity contribution in [2.45, 2.75) is 26.7 Å². The topological polar surface area (TPSA) is 167 Å². The van der Waals surface area contributed by atoms with Gasteiger partial charge in [0.15, 0.2) is 11.6 Å². The van der Waals surface area contributed by atoms with E-state index >= 15 is 0 Å². The summed E-state index contributed by atoms with van der Waals surface area (Å²) in [6, 6.07) is 17.2. The number of nitrogens with one attached hydrogen (secondary N) is 2. The SMILES string of the molecule is CCc1cc(C(=O)c2ccc(Br)cc2)c(NC(=O)CSCC(=O)O)s1.CCc1cc(C(=O)c2ccc(Cl)cc2)c(NC(=O)CSCC(=O)O)s1. The number of aliphatic carboxylic acids is 2. The van der Waals surface area contributed by atoms with Crippen molar-refractivity contribution in [3.05, 3.63) is 102 Å². The standard InChI is InChI=1S/C17H16BrNO4S2.C17H16ClNO4S2/c2*1-2-12-7-13(16(23)10-3-5-11(18)6-4-10)17(25-12)19-14(20)8-24-9-15(21)22/h2*3-7H,2,8-9H2,1H3,(H,19,20)(H,21,22). The molecule has 0 atom stereocenters. The second kappa shape index (κ2) is 20.4. The number of halogens is 2. The highest BCUT2D eigenvalue weighted by Crippen LogP contribution is 2.32. The molecule has 0 unspecified atom stereocenters. The van der Waals surface area contributed by atoms with Crippen LogP contribution < -0.4 is 10.6 Å². The monoisotopic (exact) mass is 838 g/mol. The molecule has 0 aliphatic carbocycles. The molecule has 16 heteroatoms. The molecular formula is C34H32BrClN2O8S4. The van der Waals surface area contributed by atoms with Crippen LogP contribution in [-0.4, -0.2) is 68.5 Å². The number of thiophene rings is 2. The van der Waals surface area contributed by atoms with E-state index in [4.69, 9.17) is 21.8 Å². The Balaban J connectivity index is 0.000000270. The molecule has 0 saturated carbocycles. The van der Waals surface area contributed by atoms with Gasteiger partial charge in [-0.1, -0.05) is 41.4 Å². The molecule has 0 saturated heterocycles. The van der Waals surface area contributed by atoms with Crippen molar-refractivity contribution >= 4 is 119 Å². The maximum absolute atomic E-state index is 12.7. The molecule has 4 aromatic rings. The van der Waals surface area contributed by atoms with Gasteiger partial charge in [0.1, 0.15) is 10.0 Å². The minimum Gasteiger partial charge on any atom is -0.481 e. The average Bonchev–Trinajstić information content (AvgIpc) is 3.68. The maximum atomic E-state index is 12.7. The smallest absolute Gasteiger partial charge is 0.313 e. The van der Waals surface area contributed by atoms with Crippen molar-refractivity contribution < 1.29 is 39.0 Å². The van der Waals surface area contributed by atoms with Gasteiger partial charge in [-0.15, -0.1) is 46.2 Å². The third kappa shape index (κ3) is 13.0. The lowest BCUT2D eigenvalue weighted by Gasteiger charge is -2.06. The fourth-order valence-corrected chi connectivity index (χ4v) is 7.53. The second-order valence-corrected chi connectivity index (χ2v) is 15.8. The van der Waals surface area contributed by atoms with Crippen LogP contribution in [0, 0.1) is 0 Å². The highest BCUT2D eigenvalue weighted by Gasteiger charge is 2.21. The van der Waals surface area contributed by atoms with Crippen molar-refractivity contribution in [2.24, 2.45) is 0 Å². The Morgan fingerprint density at radius 2 is 1.04 bits per heavy atom. The number of carboxylic acid groups (broad SMARTS) is 2. The van der Waals surface area contributed by atoms with E-state index in [1.54, 1.807) is 60.7 Å². The number of aryl methyl sites for hydroxylation is 2. The third-order valence-corrected chi connectivity index (χ3v) is 11.4. The first-order valence-corrected chi connectivity index (χ1v) is 20.0. The van der Waals surface area contributed by atoms with E-state index in [1.807, 2.05) is 13.8 Å². The Morgan fingerprint density at radius 3 is 1.40 bits per heavy atom. The normalized spacial score (nSPS) is 10.5. The number of anilines is 2. The first-order chi connectivity index (χ1) is 23.8. The van der Waals surface area contributed by atoms with Crippen LogP contribution in [0.2, 0.25) is 5.02 Å². The van der Waals surface area contributed by atoms with Gasteiger partial charge in [0.05, 0.1) is 34.1 Å². The van der Waals surface area contributed by atoms with Crippen LogP contribution in [0.5, 0.6) is 0 Å². The third-order valence-electron chi connectivity index (χ3n) is 6.39. The van der Waals surface area contributed by atoms with E-state index < -0.39 is 11.9 Å². The van der Waals surface area contributed by atoms with Gasteiger partial charge >= 0.3 is 11.9 Å². The molecule has 2 amide bonds. The molecule has 264 valence electrons.